The lowest BCUT2D eigenvalue weighted by Gasteiger charge is -2.23. The molecule has 4 rings (SSSR count). The van der Waals surface area contributed by atoms with Gasteiger partial charge in [0.05, 0.1) is 13.5 Å². The zero-order valence-electron chi connectivity index (χ0n) is 14.7. The van der Waals surface area contributed by atoms with E-state index in [1.807, 2.05) is 36.1 Å². The van der Waals surface area contributed by atoms with E-state index in [1.54, 1.807) is 19.2 Å². The molecule has 2 aromatic carbocycles. The molecule has 0 spiro atoms. The summed E-state index contributed by atoms with van der Waals surface area (Å²) in [4.78, 5) is 26.8. The second-order valence-corrected chi connectivity index (χ2v) is 6.58. The molecule has 0 N–H and O–H groups in total. The van der Waals surface area contributed by atoms with Crippen LogP contribution in [-0.2, 0) is 17.6 Å². The van der Waals surface area contributed by atoms with Gasteiger partial charge in [-0.1, -0.05) is 18.2 Å². The molecular weight excluding hydrogens is 330 g/mol. The minimum Gasteiger partial charge on any atom is -0.497 e. The molecule has 1 amide bonds. The average molecular weight is 349 g/mol. The molecule has 3 aromatic rings. The molecule has 5 heteroatoms. The molecule has 2 heterocycles. The van der Waals surface area contributed by atoms with Gasteiger partial charge in [0.25, 0.3) is 0 Å². The van der Waals surface area contributed by atoms with Gasteiger partial charge in [-0.3, -0.25) is 4.79 Å². The molecule has 1 atom stereocenters. The number of para-hydroxylation sites is 1. The number of fused-ring (bicyclic) bond motifs is 2. The van der Waals surface area contributed by atoms with E-state index < -0.39 is 5.63 Å². The summed E-state index contributed by atoms with van der Waals surface area (Å²) in [7, 11) is 1.55. The quantitative estimate of drug-likeness (QED) is 0.681. The Hall–Kier alpha value is -3.08. The van der Waals surface area contributed by atoms with Crippen LogP contribution in [0.3, 0.4) is 0 Å². The van der Waals surface area contributed by atoms with Crippen LogP contribution in [0.5, 0.6) is 5.75 Å². The second kappa shape index (κ2) is 6.33. The Balaban J connectivity index is 1.71. The van der Waals surface area contributed by atoms with Gasteiger partial charge in [0.15, 0.2) is 0 Å². The number of amides is 1. The summed E-state index contributed by atoms with van der Waals surface area (Å²) in [5.74, 6) is 0.580. The van der Waals surface area contributed by atoms with Crippen LogP contribution in [0.2, 0.25) is 0 Å². The second-order valence-electron chi connectivity index (χ2n) is 6.58. The third kappa shape index (κ3) is 2.75. The Bertz CT molecular complexity index is 1050. The Morgan fingerprint density at radius 1 is 1.23 bits per heavy atom. The van der Waals surface area contributed by atoms with Crippen LogP contribution < -0.4 is 15.3 Å². The number of ether oxygens (including phenoxy) is 1. The molecule has 1 aliphatic rings. The number of carbonyl (C=O) groups excluding carboxylic acids is 1. The van der Waals surface area contributed by atoms with Gasteiger partial charge in [-0.05, 0) is 42.7 Å². The maximum absolute atomic E-state index is 13.0. The topological polar surface area (TPSA) is 59.8 Å². The Labute approximate surface area is 150 Å². The monoisotopic (exact) mass is 349 g/mol. The summed E-state index contributed by atoms with van der Waals surface area (Å²) in [5.41, 5.74) is 2.76. The highest BCUT2D eigenvalue weighted by Crippen LogP contribution is 2.32. The van der Waals surface area contributed by atoms with Crippen molar-refractivity contribution < 1.29 is 13.9 Å². The largest absolute Gasteiger partial charge is 0.497 e. The molecule has 0 aliphatic carbocycles. The third-order valence-corrected chi connectivity index (χ3v) is 4.85. The van der Waals surface area contributed by atoms with Gasteiger partial charge in [-0.2, -0.15) is 0 Å². The highest BCUT2D eigenvalue weighted by Gasteiger charge is 2.30. The van der Waals surface area contributed by atoms with Crippen LogP contribution in [0, 0.1) is 0 Å². The fraction of sp³-hybridized carbons (Fsp3) is 0.238. The van der Waals surface area contributed by atoms with Gasteiger partial charge in [0, 0.05) is 29.2 Å². The summed E-state index contributed by atoms with van der Waals surface area (Å²) < 4.78 is 10.4. The standard InChI is InChI=1S/C21H19NO4/c1-13-9-14-5-3-4-6-18(14)22(13)20(23)10-15-11-21(24)26-19-12-16(25-2)7-8-17(15)19/h3-8,11-13H,9-10H2,1-2H3. The fourth-order valence-corrected chi connectivity index (χ4v) is 3.68. The molecule has 5 nitrogen and oxygen atoms in total. The summed E-state index contributed by atoms with van der Waals surface area (Å²) >= 11 is 0. The highest BCUT2D eigenvalue weighted by atomic mass is 16.5. The molecule has 1 aromatic heterocycles. The smallest absolute Gasteiger partial charge is 0.336 e. The lowest BCUT2D eigenvalue weighted by molar-refractivity contribution is -0.118. The molecular formula is C21H19NO4. The summed E-state index contributed by atoms with van der Waals surface area (Å²) in [6, 6.07) is 14.7. The van der Waals surface area contributed by atoms with Crippen LogP contribution >= 0.6 is 0 Å². The van der Waals surface area contributed by atoms with Crippen molar-refractivity contribution in [3.8, 4) is 5.75 Å². The first-order valence-electron chi connectivity index (χ1n) is 8.57. The number of anilines is 1. The zero-order valence-corrected chi connectivity index (χ0v) is 14.7. The average Bonchev–Trinajstić information content (AvgIpc) is 2.96. The molecule has 132 valence electrons. The molecule has 1 unspecified atom stereocenters. The van der Waals surface area contributed by atoms with E-state index in [9.17, 15) is 9.59 Å². The third-order valence-electron chi connectivity index (χ3n) is 4.85. The SMILES string of the molecule is COc1ccc2c(CC(=O)N3c4ccccc4CC3C)cc(=O)oc2c1. The molecule has 0 saturated carbocycles. The number of hydrogen-bond acceptors (Lipinski definition) is 4. The van der Waals surface area contributed by atoms with Crippen molar-refractivity contribution in [1.82, 2.24) is 0 Å². The first kappa shape index (κ1) is 16.4. The predicted octanol–water partition coefficient (Wildman–Crippen LogP) is 3.32. The normalized spacial score (nSPS) is 15.9. The van der Waals surface area contributed by atoms with Crippen LogP contribution in [0.4, 0.5) is 5.69 Å². The summed E-state index contributed by atoms with van der Waals surface area (Å²) in [5, 5.41) is 0.749. The number of rotatable bonds is 3. The Morgan fingerprint density at radius 3 is 2.85 bits per heavy atom. The van der Waals surface area contributed by atoms with Gasteiger partial charge in [-0.25, -0.2) is 4.79 Å². The molecule has 0 bridgehead atoms. The Kier molecular flexibility index (Phi) is 3.99. The lowest BCUT2D eigenvalue weighted by atomic mass is 10.1. The first-order chi connectivity index (χ1) is 12.6. The van der Waals surface area contributed by atoms with E-state index in [1.165, 1.54) is 11.6 Å². The fourth-order valence-electron chi connectivity index (χ4n) is 3.68. The minimum absolute atomic E-state index is 0.0230. The van der Waals surface area contributed by atoms with E-state index in [4.69, 9.17) is 9.15 Å². The number of methoxy groups -OCH3 is 1. The van der Waals surface area contributed by atoms with Gasteiger partial charge < -0.3 is 14.1 Å². The van der Waals surface area contributed by atoms with E-state index >= 15 is 0 Å². The molecule has 0 saturated heterocycles. The number of carbonyl (C=O) groups is 1. The molecule has 0 radical (unpaired) electrons. The number of nitrogens with zero attached hydrogens (tertiary/aromatic N) is 1. The maximum atomic E-state index is 13.0. The van der Waals surface area contributed by atoms with Crippen LogP contribution in [-0.4, -0.2) is 19.1 Å². The minimum atomic E-state index is -0.469. The predicted molar refractivity (Wildman–Crippen MR) is 99.8 cm³/mol. The van der Waals surface area contributed by atoms with Gasteiger partial charge in [-0.15, -0.1) is 0 Å². The van der Waals surface area contributed by atoms with Crippen molar-refractivity contribution in [3.05, 3.63) is 70.1 Å². The van der Waals surface area contributed by atoms with E-state index in [-0.39, 0.29) is 18.4 Å². The van der Waals surface area contributed by atoms with Crippen molar-refractivity contribution in [2.45, 2.75) is 25.8 Å². The van der Waals surface area contributed by atoms with Gasteiger partial charge >= 0.3 is 5.63 Å². The van der Waals surface area contributed by atoms with Crippen molar-refractivity contribution in [2.24, 2.45) is 0 Å². The zero-order chi connectivity index (χ0) is 18.3. The highest BCUT2D eigenvalue weighted by molar-refractivity contribution is 5.99. The maximum Gasteiger partial charge on any atom is 0.336 e. The van der Waals surface area contributed by atoms with Crippen LogP contribution in [0.1, 0.15) is 18.1 Å². The Morgan fingerprint density at radius 2 is 2.04 bits per heavy atom. The van der Waals surface area contributed by atoms with E-state index in [0.717, 1.165) is 17.5 Å². The van der Waals surface area contributed by atoms with Crippen molar-refractivity contribution in [3.63, 3.8) is 0 Å². The molecule has 26 heavy (non-hydrogen) atoms. The first-order valence-corrected chi connectivity index (χ1v) is 8.57. The number of hydrogen-bond donors (Lipinski definition) is 0. The molecule has 0 fully saturated rings. The van der Waals surface area contributed by atoms with E-state index in [0.29, 0.717) is 16.9 Å². The van der Waals surface area contributed by atoms with E-state index in [2.05, 4.69) is 6.07 Å². The van der Waals surface area contributed by atoms with Crippen molar-refractivity contribution >= 4 is 22.6 Å². The summed E-state index contributed by atoms with van der Waals surface area (Å²) in [6.07, 6.45) is 0.990. The van der Waals surface area contributed by atoms with Gasteiger partial charge in [0.1, 0.15) is 11.3 Å². The summed E-state index contributed by atoms with van der Waals surface area (Å²) in [6.45, 7) is 2.04. The van der Waals surface area contributed by atoms with Crippen LogP contribution in [0.25, 0.3) is 11.0 Å². The molecule has 1 aliphatic heterocycles. The number of benzene rings is 2. The van der Waals surface area contributed by atoms with Crippen molar-refractivity contribution in [1.29, 1.82) is 0 Å². The lowest BCUT2D eigenvalue weighted by Crippen LogP contribution is -2.37. The van der Waals surface area contributed by atoms with Crippen LogP contribution in [0.15, 0.2) is 57.7 Å². The van der Waals surface area contributed by atoms with Crippen molar-refractivity contribution in [2.75, 3.05) is 12.0 Å². The van der Waals surface area contributed by atoms with Gasteiger partial charge in [0.2, 0.25) is 5.91 Å².